The molecule has 0 saturated carbocycles. The maximum Gasteiger partial charge on any atom is 0.262 e. The number of nitrogens with one attached hydrogen (secondary N) is 1. The predicted octanol–water partition coefficient (Wildman–Crippen LogP) is 3.19. The summed E-state index contributed by atoms with van der Waals surface area (Å²) in [5, 5.41) is 7.14. The van der Waals surface area contributed by atoms with E-state index in [1.807, 2.05) is 47.9 Å². The molecule has 1 aromatic carbocycles. The van der Waals surface area contributed by atoms with E-state index in [9.17, 15) is 4.79 Å². The minimum atomic E-state index is -0.386. The Morgan fingerprint density at radius 1 is 1.15 bits per heavy atom. The topological polar surface area (TPSA) is 125 Å². The molecule has 10 heteroatoms. The summed E-state index contributed by atoms with van der Waals surface area (Å²) in [7, 11) is 1.47. The van der Waals surface area contributed by atoms with E-state index in [0.717, 1.165) is 16.8 Å². The van der Waals surface area contributed by atoms with Gasteiger partial charge in [0.15, 0.2) is 11.6 Å². The van der Waals surface area contributed by atoms with Crippen molar-refractivity contribution in [2.75, 3.05) is 18.2 Å². The van der Waals surface area contributed by atoms with Crippen LogP contribution in [0.5, 0.6) is 5.88 Å². The summed E-state index contributed by atoms with van der Waals surface area (Å²) in [6.45, 7) is 2.57. The molecule has 170 valence electrons. The molecule has 4 heterocycles. The highest BCUT2D eigenvalue weighted by Crippen LogP contribution is 2.29. The highest BCUT2D eigenvalue weighted by Gasteiger charge is 2.19. The van der Waals surface area contributed by atoms with E-state index in [2.05, 4.69) is 25.4 Å². The summed E-state index contributed by atoms with van der Waals surface area (Å²) in [4.78, 5) is 25.8. The molecule has 5 rings (SSSR count). The molecule has 0 fully saturated rings. The van der Waals surface area contributed by atoms with Crippen LogP contribution in [-0.4, -0.2) is 42.2 Å². The normalized spacial score (nSPS) is 11.0. The van der Waals surface area contributed by atoms with Crippen molar-refractivity contribution >= 4 is 23.1 Å². The van der Waals surface area contributed by atoms with E-state index in [-0.39, 0.29) is 17.4 Å². The number of rotatable bonds is 6. The summed E-state index contributed by atoms with van der Waals surface area (Å²) in [5.41, 5.74) is 10.5. The summed E-state index contributed by atoms with van der Waals surface area (Å²) in [6, 6.07) is 13.6. The van der Waals surface area contributed by atoms with Crippen molar-refractivity contribution in [1.29, 1.82) is 0 Å². The molecular formula is C24H22N8O2. The van der Waals surface area contributed by atoms with Gasteiger partial charge in [-0.15, -0.1) is 0 Å². The highest BCUT2D eigenvalue weighted by molar-refractivity contribution is 6.06. The average Bonchev–Trinajstić information content (AvgIpc) is 3.43. The van der Waals surface area contributed by atoms with Gasteiger partial charge in [-0.2, -0.15) is 5.10 Å². The number of carbonyl (C=O) groups excluding carboxylic acids is 1. The Balaban J connectivity index is 1.44. The first-order valence-electron chi connectivity index (χ1n) is 10.5. The van der Waals surface area contributed by atoms with Crippen molar-refractivity contribution in [3.05, 3.63) is 84.2 Å². The second-order valence-electron chi connectivity index (χ2n) is 7.77. The van der Waals surface area contributed by atoms with Gasteiger partial charge in [0.25, 0.3) is 5.91 Å². The fraction of sp³-hybridized carbons (Fsp3) is 0.125. The first kappa shape index (κ1) is 21.1. The van der Waals surface area contributed by atoms with Crippen molar-refractivity contribution in [3.8, 4) is 17.1 Å². The van der Waals surface area contributed by atoms with Gasteiger partial charge in [-0.3, -0.25) is 4.79 Å². The van der Waals surface area contributed by atoms with Crippen LogP contribution in [0.15, 0.2) is 67.5 Å². The molecule has 0 aliphatic heterocycles. The molecule has 0 atom stereocenters. The first-order valence-corrected chi connectivity index (χ1v) is 10.5. The number of nitrogens with zero attached hydrogens (tertiary/aromatic N) is 6. The second-order valence-corrected chi connectivity index (χ2v) is 7.77. The average molecular weight is 454 g/mol. The van der Waals surface area contributed by atoms with Crippen LogP contribution in [0.25, 0.3) is 16.8 Å². The zero-order valence-electron chi connectivity index (χ0n) is 18.6. The van der Waals surface area contributed by atoms with Crippen LogP contribution in [0.2, 0.25) is 0 Å². The van der Waals surface area contributed by atoms with Gasteiger partial charge in [0, 0.05) is 24.5 Å². The number of amides is 1. The maximum atomic E-state index is 13.1. The van der Waals surface area contributed by atoms with Gasteiger partial charge in [0.05, 0.1) is 19.1 Å². The molecule has 0 aliphatic rings. The summed E-state index contributed by atoms with van der Waals surface area (Å²) < 4.78 is 8.93. The molecular weight excluding hydrogens is 432 g/mol. The van der Waals surface area contributed by atoms with Gasteiger partial charge in [-0.25, -0.2) is 19.5 Å². The third kappa shape index (κ3) is 3.92. The molecule has 3 N–H and O–H groups in total. The minimum Gasteiger partial charge on any atom is -0.480 e. The Morgan fingerprint density at radius 3 is 2.76 bits per heavy atom. The number of hydrogen-bond donors (Lipinski definition) is 2. The number of imidazole rings is 1. The van der Waals surface area contributed by atoms with Gasteiger partial charge < -0.3 is 20.4 Å². The third-order valence-electron chi connectivity index (χ3n) is 5.44. The largest absolute Gasteiger partial charge is 0.480 e. The highest BCUT2D eigenvalue weighted by atomic mass is 16.5. The molecule has 5 aromatic rings. The molecule has 0 bridgehead atoms. The van der Waals surface area contributed by atoms with E-state index in [4.69, 9.17) is 10.5 Å². The lowest BCUT2D eigenvalue weighted by Crippen LogP contribution is -2.14. The first-order chi connectivity index (χ1) is 16.5. The van der Waals surface area contributed by atoms with Crippen LogP contribution in [-0.2, 0) is 6.54 Å². The Labute approximate surface area is 195 Å². The molecule has 0 saturated heterocycles. The van der Waals surface area contributed by atoms with Crippen molar-refractivity contribution in [1.82, 2.24) is 29.1 Å². The quantitative estimate of drug-likeness (QED) is 0.404. The Kier molecular flexibility index (Phi) is 5.38. The maximum absolute atomic E-state index is 13.1. The van der Waals surface area contributed by atoms with E-state index in [0.29, 0.717) is 29.3 Å². The number of nitrogen functional groups attached to an aromatic ring is 1. The number of ether oxygens (including phenoxy) is 1. The number of aromatic nitrogens is 6. The fourth-order valence-corrected chi connectivity index (χ4v) is 3.87. The number of pyridine rings is 1. The Hall–Kier alpha value is -4.73. The summed E-state index contributed by atoms with van der Waals surface area (Å²) in [6.07, 6.45) is 6.47. The molecule has 0 spiro atoms. The van der Waals surface area contributed by atoms with Crippen LogP contribution in [0, 0.1) is 6.92 Å². The minimum absolute atomic E-state index is 0.205. The number of anilines is 2. The molecule has 4 aromatic heterocycles. The zero-order valence-corrected chi connectivity index (χ0v) is 18.6. The summed E-state index contributed by atoms with van der Waals surface area (Å²) in [5.74, 6) is 0.627. The van der Waals surface area contributed by atoms with Crippen molar-refractivity contribution in [2.45, 2.75) is 13.5 Å². The number of methoxy groups -OCH3 is 1. The summed E-state index contributed by atoms with van der Waals surface area (Å²) >= 11 is 0. The van der Waals surface area contributed by atoms with Crippen molar-refractivity contribution in [2.24, 2.45) is 0 Å². The van der Waals surface area contributed by atoms with Crippen LogP contribution in [0.1, 0.15) is 21.5 Å². The van der Waals surface area contributed by atoms with Gasteiger partial charge in [0.1, 0.15) is 17.4 Å². The number of benzene rings is 1. The lowest BCUT2D eigenvalue weighted by atomic mass is 10.1. The van der Waals surface area contributed by atoms with Gasteiger partial charge in [-0.1, -0.05) is 30.3 Å². The molecule has 0 aliphatic carbocycles. The van der Waals surface area contributed by atoms with Crippen LogP contribution in [0.3, 0.4) is 0 Å². The lowest BCUT2D eigenvalue weighted by Gasteiger charge is -2.10. The van der Waals surface area contributed by atoms with E-state index >= 15 is 0 Å². The number of fused-ring (bicyclic) bond motifs is 1. The lowest BCUT2D eigenvalue weighted by molar-refractivity contribution is 0.102. The van der Waals surface area contributed by atoms with Crippen LogP contribution >= 0.6 is 0 Å². The van der Waals surface area contributed by atoms with E-state index in [1.54, 1.807) is 29.3 Å². The zero-order chi connectivity index (χ0) is 23.7. The van der Waals surface area contributed by atoms with E-state index < -0.39 is 0 Å². The van der Waals surface area contributed by atoms with Gasteiger partial charge in [0.2, 0.25) is 5.88 Å². The molecule has 34 heavy (non-hydrogen) atoms. The van der Waals surface area contributed by atoms with E-state index in [1.165, 1.54) is 13.4 Å². The number of hydrogen-bond acceptors (Lipinski definition) is 7. The monoisotopic (exact) mass is 454 g/mol. The molecule has 0 radical (unpaired) electrons. The molecule has 1 amide bonds. The standard InChI is InChI=1S/C24H22N8O2/c1-15-8-19(32-21(15)22(25)27-13-29-32)17-9-18(24(34-2)26-10-17)23(33)30-20-12-31(14-28-20)11-16-6-4-3-5-7-16/h3-10,12-14H,11H2,1-2H3,(H,30,33)(H2,25,27,29). The fourth-order valence-electron chi connectivity index (χ4n) is 3.87. The smallest absolute Gasteiger partial charge is 0.262 e. The second kappa shape index (κ2) is 8.66. The number of carbonyl (C=O) groups is 1. The molecule has 10 nitrogen and oxygen atoms in total. The third-order valence-corrected chi connectivity index (χ3v) is 5.44. The SMILES string of the molecule is COc1ncc(-c2cc(C)c3c(N)ncnn23)cc1C(=O)Nc1cn(Cc2ccccc2)cn1. The Bertz CT molecular complexity index is 1490. The van der Waals surface area contributed by atoms with Crippen molar-refractivity contribution in [3.63, 3.8) is 0 Å². The predicted molar refractivity (Wildman–Crippen MR) is 128 cm³/mol. The Morgan fingerprint density at radius 2 is 1.97 bits per heavy atom. The van der Waals surface area contributed by atoms with Gasteiger partial charge in [-0.05, 0) is 30.2 Å². The molecule has 0 unspecified atom stereocenters. The number of nitrogens with two attached hydrogens (primary N) is 1. The van der Waals surface area contributed by atoms with Crippen LogP contribution < -0.4 is 15.8 Å². The van der Waals surface area contributed by atoms with Crippen LogP contribution in [0.4, 0.5) is 11.6 Å². The van der Waals surface area contributed by atoms with Gasteiger partial charge >= 0.3 is 0 Å². The van der Waals surface area contributed by atoms with Crippen molar-refractivity contribution < 1.29 is 9.53 Å². The number of aryl methyl sites for hydroxylation is 1.